The molecular formula is C13H20BNO4. The molecule has 5 nitrogen and oxygen atoms in total. The molecule has 0 spiro atoms. The molecule has 0 unspecified atom stereocenters. The minimum absolute atomic E-state index is 0.0545. The van der Waals surface area contributed by atoms with Gasteiger partial charge >= 0.3 is 7.32 Å². The summed E-state index contributed by atoms with van der Waals surface area (Å²) in [5.41, 5.74) is 0.544. The van der Waals surface area contributed by atoms with Crippen molar-refractivity contribution < 1.29 is 19.5 Å². The van der Waals surface area contributed by atoms with Crippen LogP contribution in [-0.4, -0.2) is 40.3 Å². The van der Waals surface area contributed by atoms with Gasteiger partial charge in [0.05, 0.1) is 0 Å². The van der Waals surface area contributed by atoms with Crippen molar-refractivity contribution in [3.05, 3.63) is 29.8 Å². The highest BCUT2D eigenvalue weighted by atomic mass is 16.6. The van der Waals surface area contributed by atoms with Gasteiger partial charge in [0, 0.05) is 17.6 Å². The van der Waals surface area contributed by atoms with E-state index in [0.29, 0.717) is 11.3 Å². The summed E-state index contributed by atoms with van der Waals surface area (Å²) in [6, 6.07) is 6.51. The Kier molecular flexibility index (Phi) is 5.38. The Hall–Kier alpha value is -1.53. The second kappa shape index (κ2) is 6.59. The number of hydrogen-bond donors (Lipinski definition) is 2. The third-order valence-corrected chi connectivity index (χ3v) is 2.69. The highest BCUT2D eigenvalue weighted by molar-refractivity contribution is 6.33. The van der Waals surface area contributed by atoms with Crippen molar-refractivity contribution in [2.24, 2.45) is 0 Å². The lowest BCUT2D eigenvalue weighted by Gasteiger charge is -2.30. The van der Waals surface area contributed by atoms with Gasteiger partial charge in [0.1, 0.15) is 5.75 Å². The highest BCUT2D eigenvalue weighted by Gasteiger charge is 2.21. The topological polar surface area (TPSA) is 70.0 Å². The second-order valence-corrected chi connectivity index (χ2v) is 4.87. The Balaban J connectivity index is 2.88. The lowest BCUT2D eigenvalue weighted by molar-refractivity contribution is 0.0643. The van der Waals surface area contributed by atoms with E-state index in [2.05, 4.69) is 0 Å². The van der Waals surface area contributed by atoms with Crippen molar-refractivity contribution in [3.8, 4) is 5.75 Å². The van der Waals surface area contributed by atoms with Gasteiger partial charge in [0.15, 0.2) is 0 Å². The Morgan fingerprint density at radius 3 is 1.95 bits per heavy atom. The third-order valence-electron chi connectivity index (χ3n) is 2.69. The summed E-state index contributed by atoms with van der Waals surface area (Å²) in [6.45, 7) is 7.88. The zero-order chi connectivity index (χ0) is 14.6. The summed E-state index contributed by atoms with van der Waals surface area (Å²) in [6.07, 6.45) is 0. The standard InChI is InChI=1S/C13H20BNO4/c1-9(2)15(10(3)4)13(16)11-5-7-12(8-6-11)19-14(17)18/h5-10,17-18H,1-4H3. The summed E-state index contributed by atoms with van der Waals surface area (Å²) in [7, 11) is -1.86. The summed E-state index contributed by atoms with van der Waals surface area (Å²) < 4.78 is 4.69. The zero-order valence-electron chi connectivity index (χ0n) is 11.7. The van der Waals surface area contributed by atoms with Crippen LogP contribution in [0.5, 0.6) is 5.75 Å². The first kappa shape index (κ1) is 15.5. The number of hydrogen-bond acceptors (Lipinski definition) is 4. The quantitative estimate of drug-likeness (QED) is 0.787. The van der Waals surface area contributed by atoms with Gasteiger partial charge in [-0.05, 0) is 52.0 Å². The number of nitrogens with zero attached hydrogens (tertiary/aromatic N) is 1. The van der Waals surface area contributed by atoms with Crippen molar-refractivity contribution in [1.29, 1.82) is 0 Å². The fraction of sp³-hybridized carbons (Fsp3) is 0.462. The predicted molar refractivity (Wildman–Crippen MR) is 73.7 cm³/mol. The first-order valence-corrected chi connectivity index (χ1v) is 6.28. The van der Waals surface area contributed by atoms with Gasteiger partial charge in [-0.3, -0.25) is 4.79 Å². The van der Waals surface area contributed by atoms with Gasteiger partial charge in [-0.1, -0.05) is 0 Å². The molecule has 0 aromatic heterocycles. The Bertz CT molecular complexity index is 409. The number of carbonyl (C=O) groups excluding carboxylic acids is 1. The van der Waals surface area contributed by atoms with E-state index in [1.54, 1.807) is 17.0 Å². The molecule has 0 saturated carbocycles. The molecule has 6 heteroatoms. The number of amides is 1. The maximum atomic E-state index is 12.3. The number of rotatable bonds is 5. The molecule has 0 bridgehead atoms. The fourth-order valence-corrected chi connectivity index (χ4v) is 2.01. The molecule has 0 aliphatic heterocycles. The maximum absolute atomic E-state index is 12.3. The SMILES string of the molecule is CC(C)N(C(=O)c1ccc(OB(O)O)cc1)C(C)C. The van der Waals surface area contributed by atoms with Crippen LogP contribution in [0.4, 0.5) is 0 Å². The van der Waals surface area contributed by atoms with E-state index < -0.39 is 7.32 Å². The molecule has 2 N–H and O–H groups in total. The summed E-state index contributed by atoms with van der Waals surface area (Å²) >= 11 is 0. The molecule has 1 aromatic rings. The van der Waals surface area contributed by atoms with Gasteiger partial charge in [0.2, 0.25) is 0 Å². The minimum atomic E-state index is -1.86. The van der Waals surface area contributed by atoms with E-state index >= 15 is 0 Å². The summed E-state index contributed by atoms with van der Waals surface area (Å²) in [5.74, 6) is 0.244. The van der Waals surface area contributed by atoms with Crippen LogP contribution >= 0.6 is 0 Å². The van der Waals surface area contributed by atoms with Crippen LogP contribution in [0.1, 0.15) is 38.1 Å². The number of carbonyl (C=O) groups is 1. The van der Waals surface area contributed by atoms with Crippen LogP contribution in [0, 0.1) is 0 Å². The molecule has 104 valence electrons. The summed E-state index contributed by atoms with van der Waals surface area (Å²) in [5, 5.41) is 17.4. The van der Waals surface area contributed by atoms with Crippen molar-refractivity contribution in [3.63, 3.8) is 0 Å². The van der Waals surface area contributed by atoms with Crippen LogP contribution in [0.15, 0.2) is 24.3 Å². The molecule has 0 radical (unpaired) electrons. The summed E-state index contributed by atoms with van der Waals surface area (Å²) in [4.78, 5) is 14.1. The predicted octanol–water partition coefficient (Wildman–Crippen LogP) is 1.29. The molecule has 1 rings (SSSR count). The Morgan fingerprint density at radius 2 is 1.58 bits per heavy atom. The molecule has 1 amide bonds. The van der Waals surface area contributed by atoms with Gasteiger partial charge < -0.3 is 19.6 Å². The van der Waals surface area contributed by atoms with Gasteiger partial charge in [0.25, 0.3) is 5.91 Å². The van der Waals surface area contributed by atoms with Gasteiger partial charge in [-0.15, -0.1) is 0 Å². The zero-order valence-corrected chi connectivity index (χ0v) is 11.7. The fourth-order valence-electron chi connectivity index (χ4n) is 2.01. The highest BCUT2D eigenvalue weighted by Crippen LogP contribution is 2.16. The van der Waals surface area contributed by atoms with E-state index in [-0.39, 0.29) is 18.0 Å². The second-order valence-electron chi connectivity index (χ2n) is 4.87. The van der Waals surface area contributed by atoms with Crippen LogP contribution in [0.2, 0.25) is 0 Å². The van der Waals surface area contributed by atoms with Crippen molar-refractivity contribution >= 4 is 13.2 Å². The van der Waals surface area contributed by atoms with E-state index in [0.717, 1.165) is 0 Å². The van der Waals surface area contributed by atoms with E-state index in [1.165, 1.54) is 12.1 Å². The molecule has 0 aliphatic rings. The van der Waals surface area contributed by atoms with Crippen LogP contribution < -0.4 is 4.65 Å². The maximum Gasteiger partial charge on any atom is 0.707 e. The lowest BCUT2D eigenvalue weighted by Crippen LogP contribution is -2.42. The Morgan fingerprint density at radius 1 is 1.11 bits per heavy atom. The third kappa shape index (κ3) is 4.26. The van der Waals surface area contributed by atoms with Gasteiger partial charge in [-0.2, -0.15) is 0 Å². The first-order valence-electron chi connectivity index (χ1n) is 6.28. The normalized spacial score (nSPS) is 10.7. The Labute approximate surface area is 114 Å². The average Bonchev–Trinajstić information content (AvgIpc) is 2.27. The first-order chi connectivity index (χ1) is 8.82. The van der Waals surface area contributed by atoms with E-state index in [1.807, 2.05) is 27.7 Å². The van der Waals surface area contributed by atoms with Crippen molar-refractivity contribution in [2.75, 3.05) is 0 Å². The van der Waals surface area contributed by atoms with Gasteiger partial charge in [-0.25, -0.2) is 0 Å². The molecule has 0 saturated heterocycles. The molecule has 1 aromatic carbocycles. The van der Waals surface area contributed by atoms with E-state index in [9.17, 15) is 4.79 Å². The lowest BCUT2D eigenvalue weighted by atomic mass is 10.1. The van der Waals surface area contributed by atoms with Crippen molar-refractivity contribution in [1.82, 2.24) is 4.90 Å². The van der Waals surface area contributed by atoms with Crippen LogP contribution in [-0.2, 0) is 0 Å². The molecule has 0 fully saturated rings. The smallest absolute Gasteiger partial charge is 0.512 e. The van der Waals surface area contributed by atoms with Crippen LogP contribution in [0.3, 0.4) is 0 Å². The monoisotopic (exact) mass is 265 g/mol. The largest absolute Gasteiger partial charge is 0.707 e. The number of benzene rings is 1. The minimum Gasteiger partial charge on any atom is -0.512 e. The van der Waals surface area contributed by atoms with Crippen LogP contribution in [0.25, 0.3) is 0 Å². The molecular weight excluding hydrogens is 245 g/mol. The average molecular weight is 265 g/mol. The van der Waals surface area contributed by atoms with Crippen molar-refractivity contribution in [2.45, 2.75) is 39.8 Å². The molecule has 0 aliphatic carbocycles. The molecule has 19 heavy (non-hydrogen) atoms. The van der Waals surface area contributed by atoms with E-state index in [4.69, 9.17) is 14.7 Å². The molecule has 0 atom stereocenters. The molecule has 0 heterocycles.